The smallest absolute Gasteiger partial charge is 0.187 e. The molecule has 1 rings (SSSR count). The molecule has 1 aliphatic rings. The van der Waals surface area contributed by atoms with E-state index in [9.17, 15) is 35.4 Å². The quantitative estimate of drug-likeness (QED) is 0.196. The zero-order valence-electron chi connectivity index (χ0n) is 12.0. The first-order chi connectivity index (χ1) is 10.8. The Morgan fingerprint density at radius 1 is 1.04 bits per heavy atom. The van der Waals surface area contributed by atoms with E-state index in [1.54, 1.807) is 0 Å². The maximum atomic E-state index is 10.7. The van der Waals surface area contributed by atoms with Crippen LogP contribution in [0.5, 0.6) is 0 Å². The summed E-state index contributed by atoms with van der Waals surface area (Å²) in [5.41, 5.74) is 0. The van der Waals surface area contributed by atoms with Crippen molar-refractivity contribution in [3.8, 4) is 0 Å². The molecule has 11 nitrogen and oxygen atoms in total. The van der Waals surface area contributed by atoms with Crippen molar-refractivity contribution in [1.29, 1.82) is 0 Å². The van der Waals surface area contributed by atoms with Gasteiger partial charge in [-0.15, -0.1) is 0 Å². The molecule has 0 radical (unpaired) electrons. The van der Waals surface area contributed by atoms with Crippen LogP contribution in [0.25, 0.3) is 0 Å². The van der Waals surface area contributed by atoms with Crippen LogP contribution in [-0.2, 0) is 14.3 Å². The van der Waals surface area contributed by atoms with Crippen molar-refractivity contribution in [1.82, 2.24) is 0 Å². The Kier molecular flexibility index (Phi) is 7.89. The van der Waals surface area contributed by atoms with E-state index in [1.807, 2.05) is 0 Å². The lowest BCUT2D eigenvalue weighted by Crippen LogP contribution is -2.61. The first kappa shape index (κ1) is 20.3. The van der Waals surface area contributed by atoms with Crippen LogP contribution >= 0.6 is 0 Å². The fourth-order valence-corrected chi connectivity index (χ4v) is 2.10. The Morgan fingerprint density at radius 3 is 2.13 bits per heavy atom. The largest absolute Gasteiger partial charge is 0.394 e. The number of carbonyl (C=O) groups excluding carboxylic acids is 1. The van der Waals surface area contributed by atoms with Crippen molar-refractivity contribution < 1.29 is 55.1 Å². The van der Waals surface area contributed by atoms with Crippen molar-refractivity contribution in [3.05, 3.63) is 0 Å². The highest BCUT2D eigenvalue weighted by atomic mass is 16.7. The van der Waals surface area contributed by atoms with E-state index < -0.39 is 68.3 Å². The second-order valence-electron chi connectivity index (χ2n) is 5.17. The molecule has 0 spiro atoms. The van der Waals surface area contributed by atoms with Gasteiger partial charge in [0.05, 0.1) is 13.2 Å². The van der Waals surface area contributed by atoms with Crippen molar-refractivity contribution in [2.75, 3.05) is 13.2 Å². The molecule has 8 N–H and O–H groups in total. The maximum Gasteiger partial charge on any atom is 0.187 e. The van der Waals surface area contributed by atoms with Gasteiger partial charge in [0.1, 0.15) is 48.8 Å². The predicted octanol–water partition coefficient (Wildman–Crippen LogP) is -5.55. The number of hydrogen-bond acceptors (Lipinski definition) is 11. The van der Waals surface area contributed by atoms with Gasteiger partial charge in [-0.3, -0.25) is 0 Å². The Hall–Kier alpha value is -0.730. The summed E-state index contributed by atoms with van der Waals surface area (Å²) in [4.78, 5) is 10.7. The summed E-state index contributed by atoms with van der Waals surface area (Å²) < 4.78 is 10.0. The van der Waals surface area contributed by atoms with Gasteiger partial charge in [-0.25, -0.2) is 0 Å². The normalized spacial score (nSPS) is 37.0. The van der Waals surface area contributed by atoms with Gasteiger partial charge in [-0.2, -0.15) is 0 Å². The molecule has 0 aromatic heterocycles. The highest BCUT2D eigenvalue weighted by Gasteiger charge is 2.46. The SMILES string of the molecule is O=C[C@H](O)[C@@H](O[C@H]1O[C@H](CO)[C@@H](O)[C@H](O)[C@@H]1O)[C@H](O)[C@H](O)CO. The van der Waals surface area contributed by atoms with Gasteiger partial charge < -0.3 is 55.1 Å². The van der Waals surface area contributed by atoms with E-state index in [2.05, 4.69) is 0 Å². The number of ether oxygens (including phenoxy) is 2. The second-order valence-corrected chi connectivity index (χ2v) is 5.17. The van der Waals surface area contributed by atoms with E-state index in [0.29, 0.717) is 0 Å². The lowest BCUT2D eigenvalue weighted by atomic mass is 9.98. The molecule has 11 heteroatoms. The van der Waals surface area contributed by atoms with E-state index in [4.69, 9.17) is 19.7 Å². The fourth-order valence-electron chi connectivity index (χ4n) is 2.10. The molecule has 0 saturated carbocycles. The number of hydrogen-bond donors (Lipinski definition) is 8. The third kappa shape index (κ3) is 4.64. The summed E-state index contributed by atoms with van der Waals surface area (Å²) in [5, 5.41) is 75.6. The molecular formula is C12H22O11. The molecule has 0 unspecified atom stereocenters. The van der Waals surface area contributed by atoms with Crippen molar-refractivity contribution in [3.63, 3.8) is 0 Å². The molecule has 0 amide bonds. The molecule has 1 heterocycles. The van der Waals surface area contributed by atoms with Gasteiger partial charge in [0, 0.05) is 0 Å². The number of aliphatic hydroxyl groups excluding tert-OH is 8. The minimum Gasteiger partial charge on any atom is -0.394 e. The number of rotatable bonds is 8. The molecular weight excluding hydrogens is 320 g/mol. The molecule has 1 aliphatic heterocycles. The summed E-state index contributed by atoms with van der Waals surface area (Å²) in [7, 11) is 0. The summed E-state index contributed by atoms with van der Waals surface area (Å²) >= 11 is 0. The third-order valence-electron chi connectivity index (χ3n) is 3.53. The average Bonchev–Trinajstić information content (AvgIpc) is 2.57. The van der Waals surface area contributed by atoms with Crippen LogP contribution in [0.1, 0.15) is 0 Å². The minimum atomic E-state index is -1.95. The van der Waals surface area contributed by atoms with E-state index >= 15 is 0 Å². The number of aliphatic hydroxyl groups is 8. The van der Waals surface area contributed by atoms with Crippen LogP contribution in [0.2, 0.25) is 0 Å². The summed E-state index contributed by atoms with van der Waals surface area (Å²) in [6.45, 7) is -1.63. The number of carbonyl (C=O) groups is 1. The maximum absolute atomic E-state index is 10.7. The standard InChI is InChI=1S/C12H22O11/c13-1-4(16)7(18)11(5(17)2-14)23-12-10(21)9(20)8(19)6(3-15)22-12/h2,4-13,15-21H,1,3H2/t4-,5+,6-,7-,8-,9+,10+,11-,12-/m1/s1. The molecule has 1 fully saturated rings. The van der Waals surface area contributed by atoms with Gasteiger partial charge in [0.15, 0.2) is 12.6 Å². The molecule has 0 aliphatic carbocycles. The summed E-state index contributed by atoms with van der Waals surface area (Å²) in [5.74, 6) is 0. The monoisotopic (exact) mass is 342 g/mol. The average molecular weight is 342 g/mol. The van der Waals surface area contributed by atoms with E-state index in [-0.39, 0.29) is 6.29 Å². The number of aldehydes is 1. The molecule has 136 valence electrons. The van der Waals surface area contributed by atoms with Gasteiger partial charge in [0.25, 0.3) is 0 Å². The summed E-state index contributed by atoms with van der Waals surface area (Å²) in [6, 6.07) is 0. The van der Waals surface area contributed by atoms with E-state index in [1.165, 1.54) is 0 Å². The predicted molar refractivity (Wildman–Crippen MR) is 69.8 cm³/mol. The lowest BCUT2D eigenvalue weighted by molar-refractivity contribution is -0.324. The van der Waals surface area contributed by atoms with Crippen molar-refractivity contribution in [2.24, 2.45) is 0 Å². The molecule has 0 aromatic rings. The summed E-state index contributed by atoms with van der Waals surface area (Å²) in [6.07, 6.45) is -15.7. The minimum absolute atomic E-state index is 0.0119. The Bertz CT molecular complexity index is 365. The van der Waals surface area contributed by atoms with Gasteiger partial charge in [0.2, 0.25) is 0 Å². The topological polar surface area (TPSA) is 197 Å². The first-order valence-electron chi connectivity index (χ1n) is 6.84. The van der Waals surface area contributed by atoms with Gasteiger partial charge >= 0.3 is 0 Å². The van der Waals surface area contributed by atoms with Gasteiger partial charge in [-0.1, -0.05) is 0 Å². The van der Waals surface area contributed by atoms with Crippen LogP contribution in [0.4, 0.5) is 0 Å². The molecule has 23 heavy (non-hydrogen) atoms. The van der Waals surface area contributed by atoms with E-state index in [0.717, 1.165) is 0 Å². The lowest BCUT2D eigenvalue weighted by Gasteiger charge is -2.41. The first-order valence-corrected chi connectivity index (χ1v) is 6.84. The second kappa shape index (κ2) is 8.94. The Balaban J connectivity index is 2.91. The van der Waals surface area contributed by atoms with Crippen LogP contribution < -0.4 is 0 Å². The Labute approximate surface area is 130 Å². The molecule has 9 atom stereocenters. The van der Waals surface area contributed by atoms with Crippen LogP contribution in [-0.4, -0.2) is 115 Å². The molecule has 0 aromatic carbocycles. The van der Waals surface area contributed by atoms with Crippen LogP contribution in [0.15, 0.2) is 0 Å². The highest BCUT2D eigenvalue weighted by Crippen LogP contribution is 2.24. The fraction of sp³-hybridized carbons (Fsp3) is 0.917. The molecule has 1 saturated heterocycles. The van der Waals surface area contributed by atoms with Crippen molar-refractivity contribution in [2.45, 2.75) is 55.1 Å². The third-order valence-corrected chi connectivity index (χ3v) is 3.53. The van der Waals surface area contributed by atoms with Crippen molar-refractivity contribution >= 4 is 6.29 Å². The molecule has 0 bridgehead atoms. The Morgan fingerprint density at radius 2 is 1.65 bits per heavy atom. The van der Waals surface area contributed by atoms with Crippen LogP contribution in [0, 0.1) is 0 Å². The highest BCUT2D eigenvalue weighted by molar-refractivity contribution is 5.56. The zero-order valence-corrected chi connectivity index (χ0v) is 12.0. The van der Waals surface area contributed by atoms with Gasteiger partial charge in [-0.05, 0) is 0 Å². The van der Waals surface area contributed by atoms with Crippen LogP contribution in [0.3, 0.4) is 0 Å². The zero-order chi connectivity index (χ0) is 17.7.